The number of fused-ring (bicyclic) bond motifs is 2. The fourth-order valence-electron chi connectivity index (χ4n) is 3.90. The normalized spacial score (nSPS) is 26.9. The molecule has 4 heterocycles. The van der Waals surface area contributed by atoms with Gasteiger partial charge >= 0.3 is 0 Å². The number of aryl methyl sites for hydroxylation is 1. The number of anilines is 1. The summed E-state index contributed by atoms with van der Waals surface area (Å²) in [5, 5.41) is 0.476. The predicted octanol–water partition coefficient (Wildman–Crippen LogP) is 1.46. The van der Waals surface area contributed by atoms with Gasteiger partial charge in [0.05, 0.1) is 17.8 Å². The molecule has 12 nitrogen and oxygen atoms in total. The number of benzene rings is 1. The van der Waals surface area contributed by atoms with Crippen molar-refractivity contribution in [1.82, 2.24) is 19.5 Å². The summed E-state index contributed by atoms with van der Waals surface area (Å²) in [7, 11) is -2.55. The van der Waals surface area contributed by atoms with Crippen molar-refractivity contribution in [1.29, 1.82) is 0 Å². The molecule has 5 atom stereocenters. The second-order valence-electron chi connectivity index (χ2n) is 7.76. The van der Waals surface area contributed by atoms with E-state index in [9.17, 15) is 8.42 Å². The first-order valence-corrected chi connectivity index (χ1v) is 12.9. The first kappa shape index (κ1) is 23.4. The summed E-state index contributed by atoms with van der Waals surface area (Å²) in [6.45, 7) is 0.649. The Balaban J connectivity index is 1.42. The van der Waals surface area contributed by atoms with E-state index in [0.29, 0.717) is 16.3 Å². The zero-order valence-corrected chi connectivity index (χ0v) is 20.2. The van der Waals surface area contributed by atoms with Crippen LogP contribution in [-0.4, -0.2) is 72.7 Å². The van der Waals surface area contributed by atoms with Crippen molar-refractivity contribution in [2.24, 2.45) is 0 Å². The SMILES string of the molecule is COC1O[C@@H]2[C@H](O1)[C@@H](n1cnc3c(N)nc(SC)nc31)O[C@H]2COS(=O)(=O)c1ccc(C)cc1. The molecule has 1 unspecified atom stereocenters. The van der Waals surface area contributed by atoms with E-state index in [-0.39, 0.29) is 17.3 Å². The highest BCUT2D eigenvalue weighted by molar-refractivity contribution is 7.98. The number of nitrogens with two attached hydrogens (primary N) is 1. The van der Waals surface area contributed by atoms with E-state index in [1.807, 2.05) is 13.2 Å². The number of imidazole rings is 1. The van der Waals surface area contributed by atoms with Crippen LogP contribution in [0.25, 0.3) is 11.2 Å². The van der Waals surface area contributed by atoms with E-state index in [0.717, 1.165) is 5.56 Å². The Labute approximate surface area is 199 Å². The number of aromatic nitrogens is 4. The van der Waals surface area contributed by atoms with Crippen molar-refractivity contribution < 1.29 is 31.5 Å². The van der Waals surface area contributed by atoms with E-state index in [1.54, 1.807) is 16.7 Å². The molecule has 3 aromatic rings. The number of hydrogen-bond donors (Lipinski definition) is 1. The predicted molar refractivity (Wildman–Crippen MR) is 120 cm³/mol. The molecule has 0 spiro atoms. The zero-order valence-electron chi connectivity index (χ0n) is 18.5. The van der Waals surface area contributed by atoms with Crippen LogP contribution in [0.4, 0.5) is 5.82 Å². The second kappa shape index (κ2) is 9.03. The van der Waals surface area contributed by atoms with E-state index >= 15 is 0 Å². The molecule has 0 aliphatic carbocycles. The van der Waals surface area contributed by atoms with Gasteiger partial charge in [-0.3, -0.25) is 8.75 Å². The lowest BCUT2D eigenvalue weighted by atomic mass is 10.1. The maximum Gasteiger partial charge on any atom is 0.297 e. The molecule has 34 heavy (non-hydrogen) atoms. The molecular formula is C20H23N5O7S2. The molecule has 182 valence electrons. The first-order valence-electron chi connectivity index (χ1n) is 10.3. The average Bonchev–Trinajstić information content (AvgIpc) is 3.51. The van der Waals surface area contributed by atoms with Crippen LogP contribution in [0.2, 0.25) is 0 Å². The Morgan fingerprint density at radius 1 is 1.15 bits per heavy atom. The number of rotatable bonds is 7. The summed E-state index contributed by atoms with van der Waals surface area (Å²) in [5.41, 5.74) is 7.85. The van der Waals surface area contributed by atoms with Crippen LogP contribution in [-0.2, 0) is 33.2 Å². The second-order valence-corrected chi connectivity index (χ2v) is 10.2. The Bertz CT molecular complexity index is 1300. The van der Waals surface area contributed by atoms with E-state index in [1.165, 1.54) is 37.3 Å². The van der Waals surface area contributed by atoms with Gasteiger partial charge in [0, 0.05) is 7.11 Å². The number of methoxy groups -OCH3 is 1. The Hall–Kier alpha value is -2.33. The number of thioether (sulfide) groups is 1. The van der Waals surface area contributed by atoms with Gasteiger partial charge in [-0.15, -0.1) is 0 Å². The van der Waals surface area contributed by atoms with Gasteiger partial charge < -0.3 is 24.7 Å². The molecule has 2 fully saturated rings. The average molecular weight is 510 g/mol. The molecule has 0 saturated carbocycles. The fraction of sp³-hybridized carbons (Fsp3) is 0.450. The van der Waals surface area contributed by atoms with Crippen molar-refractivity contribution in [2.45, 2.75) is 48.0 Å². The van der Waals surface area contributed by atoms with Crippen molar-refractivity contribution in [3.05, 3.63) is 36.2 Å². The van der Waals surface area contributed by atoms with E-state index in [2.05, 4.69) is 15.0 Å². The van der Waals surface area contributed by atoms with Gasteiger partial charge in [0.2, 0.25) is 0 Å². The Kier molecular flexibility index (Phi) is 6.22. The summed E-state index contributed by atoms with van der Waals surface area (Å²) >= 11 is 1.34. The lowest BCUT2D eigenvalue weighted by Gasteiger charge is -2.20. The minimum atomic E-state index is -4.00. The summed E-state index contributed by atoms with van der Waals surface area (Å²) in [6.07, 6.45) is 0.563. The molecule has 2 aromatic heterocycles. The third kappa shape index (κ3) is 4.15. The van der Waals surface area contributed by atoms with Crippen LogP contribution in [0, 0.1) is 6.92 Å². The molecular weight excluding hydrogens is 486 g/mol. The highest BCUT2D eigenvalue weighted by atomic mass is 32.2. The quantitative estimate of drug-likeness (QED) is 0.279. The highest BCUT2D eigenvalue weighted by Gasteiger charge is 2.54. The first-order chi connectivity index (χ1) is 16.3. The van der Waals surface area contributed by atoms with E-state index < -0.39 is 41.1 Å². The monoisotopic (exact) mass is 509 g/mol. The number of hydrogen-bond acceptors (Lipinski definition) is 12. The van der Waals surface area contributed by atoms with Gasteiger partial charge in [-0.2, -0.15) is 8.42 Å². The van der Waals surface area contributed by atoms with Crippen LogP contribution in [0.1, 0.15) is 11.8 Å². The lowest BCUT2D eigenvalue weighted by molar-refractivity contribution is -0.256. The maximum absolute atomic E-state index is 12.7. The minimum absolute atomic E-state index is 0.0555. The molecule has 14 heteroatoms. The molecule has 0 amide bonds. The standard InChI is InChI=1S/C20H23N5O7S2/c1-10-4-6-11(7-5-10)34(26,27)29-8-12-14-15(32-20(28-2)31-14)18(30-12)25-9-22-13-16(21)23-19(33-3)24-17(13)25/h4-7,9,12,14-15,18,20H,8H2,1-3H3,(H2,21,23,24)/t12-,14-,15-,18-,20?/m0/s1. The lowest BCUT2D eigenvalue weighted by Crippen LogP contribution is -2.32. The van der Waals surface area contributed by atoms with Crippen molar-refractivity contribution in [3.8, 4) is 0 Å². The number of ether oxygens (including phenoxy) is 4. The van der Waals surface area contributed by atoms with Gasteiger partial charge in [0.1, 0.15) is 23.8 Å². The van der Waals surface area contributed by atoms with Crippen molar-refractivity contribution >= 4 is 38.9 Å². The highest BCUT2D eigenvalue weighted by Crippen LogP contribution is 2.41. The van der Waals surface area contributed by atoms with Crippen molar-refractivity contribution in [3.63, 3.8) is 0 Å². The Morgan fingerprint density at radius 3 is 2.59 bits per heavy atom. The molecule has 5 rings (SSSR count). The fourth-order valence-corrected chi connectivity index (χ4v) is 5.19. The topological polar surface area (TPSA) is 150 Å². The molecule has 2 aliphatic rings. The molecule has 0 bridgehead atoms. The Morgan fingerprint density at radius 2 is 1.88 bits per heavy atom. The number of nitrogens with zero attached hydrogens (tertiary/aromatic N) is 4. The smallest absolute Gasteiger partial charge is 0.297 e. The summed E-state index contributed by atoms with van der Waals surface area (Å²) in [4.78, 5) is 13.1. The van der Waals surface area contributed by atoms with Gasteiger partial charge in [0.15, 0.2) is 22.8 Å². The molecule has 1 aromatic carbocycles. The molecule has 0 radical (unpaired) electrons. The van der Waals surface area contributed by atoms with Crippen LogP contribution < -0.4 is 5.73 Å². The molecule has 2 aliphatic heterocycles. The van der Waals surface area contributed by atoms with Gasteiger partial charge in [-0.1, -0.05) is 29.5 Å². The van der Waals surface area contributed by atoms with Crippen LogP contribution >= 0.6 is 11.8 Å². The third-order valence-electron chi connectivity index (χ3n) is 5.60. The minimum Gasteiger partial charge on any atom is -0.382 e. The van der Waals surface area contributed by atoms with E-state index in [4.69, 9.17) is 28.9 Å². The van der Waals surface area contributed by atoms with Crippen LogP contribution in [0.15, 0.2) is 40.6 Å². The third-order valence-corrected chi connectivity index (χ3v) is 7.44. The molecule has 2 N–H and O–H groups in total. The van der Waals surface area contributed by atoms with Gasteiger partial charge in [-0.05, 0) is 25.3 Å². The largest absolute Gasteiger partial charge is 0.382 e. The maximum atomic E-state index is 12.7. The van der Waals surface area contributed by atoms with Crippen LogP contribution in [0.5, 0.6) is 0 Å². The summed E-state index contributed by atoms with van der Waals surface area (Å²) in [6, 6.07) is 6.39. The van der Waals surface area contributed by atoms with Crippen molar-refractivity contribution in [2.75, 3.05) is 25.7 Å². The zero-order chi connectivity index (χ0) is 24.0. The number of nitrogen functional groups attached to an aromatic ring is 1. The van der Waals surface area contributed by atoms with Gasteiger partial charge in [-0.25, -0.2) is 15.0 Å². The van der Waals surface area contributed by atoms with Gasteiger partial charge in [0.25, 0.3) is 16.6 Å². The van der Waals surface area contributed by atoms with Crippen LogP contribution in [0.3, 0.4) is 0 Å². The molecule has 2 saturated heterocycles. The summed E-state index contributed by atoms with van der Waals surface area (Å²) in [5.74, 6) is 0.241. The summed E-state index contributed by atoms with van der Waals surface area (Å²) < 4.78 is 55.4.